The Kier molecular flexibility index (Phi) is 4.14. The Morgan fingerprint density at radius 2 is 2.12 bits per heavy atom. The van der Waals surface area contributed by atoms with Crippen molar-refractivity contribution in [3.05, 3.63) is 50.9 Å². The Bertz CT molecular complexity index is 1050. The molecule has 0 unspecified atom stereocenters. The zero-order valence-electron chi connectivity index (χ0n) is 15.1. The molecule has 1 fully saturated rings. The lowest BCUT2D eigenvalue weighted by molar-refractivity contribution is 0.0701. The fourth-order valence-electron chi connectivity index (χ4n) is 3.64. The molecule has 0 aliphatic carbocycles. The number of imidazole rings is 1. The van der Waals surface area contributed by atoms with E-state index in [1.807, 2.05) is 31.7 Å². The van der Waals surface area contributed by atoms with Crippen LogP contribution in [0.25, 0.3) is 4.96 Å². The summed E-state index contributed by atoms with van der Waals surface area (Å²) in [5.41, 5.74) is 0.714. The average molecular weight is 371 g/mol. The highest BCUT2D eigenvalue weighted by Gasteiger charge is 2.29. The Labute approximate surface area is 154 Å². The Balaban J connectivity index is 1.66. The average Bonchev–Trinajstić information content (AvgIpc) is 3.19. The lowest BCUT2D eigenvalue weighted by Gasteiger charge is -2.32. The number of fused-ring (bicyclic) bond motifs is 1. The highest BCUT2D eigenvalue weighted by atomic mass is 32.1. The normalized spacial score (nSPS) is 17.8. The van der Waals surface area contributed by atoms with Gasteiger partial charge in [-0.3, -0.25) is 14.0 Å². The van der Waals surface area contributed by atoms with Crippen LogP contribution >= 0.6 is 11.3 Å². The number of rotatable bonds is 2. The van der Waals surface area contributed by atoms with E-state index in [0.29, 0.717) is 18.1 Å². The summed E-state index contributed by atoms with van der Waals surface area (Å²) in [4.78, 5) is 38.1. The van der Waals surface area contributed by atoms with E-state index in [9.17, 15) is 9.59 Å². The van der Waals surface area contributed by atoms with Crippen molar-refractivity contribution >= 4 is 22.2 Å². The standard InChI is InChI=1S/C18H21N5O2S/c1-11-12(2)26-18-20-9-14(17(25)23(11)18)16(24)22-7-4-5-13(10-22)15-19-6-8-21(15)3/h6,8-9,13H,4-5,7,10H2,1-3H3/t13-/m0/s1. The van der Waals surface area contributed by atoms with Crippen LogP contribution in [0.3, 0.4) is 0 Å². The molecular weight excluding hydrogens is 350 g/mol. The first kappa shape index (κ1) is 17.0. The third kappa shape index (κ3) is 2.65. The molecule has 1 aliphatic rings. The number of carbonyl (C=O) groups is 1. The molecule has 136 valence electrons. The second kappa shape index (κ2) is 6.35. The number of amides is 1. The minimum Gasteiger partial charge on any atom is -0.338 e. The quantitative estimate of drug-likeness (QED) is 0.692. The number of piperidine rings is 1. The lowest BCUT2D eigenvalue weighted by Crippen LogP contribution is -2.42. The summed E-state index contributed by atoms with van der Waals surface area (Å²) in [5, 5.41) is 0. The molecule has 1 atom stereocenters. The van der Waals surface area contributed by atoms with Gasteiger partial charge < -0.3 is 9.47 Å². The minimum absolute atomic E-state index is 0.142. The predicted octanol–water partition coefficient (Wildman–Crippen LogP) is 2.13. The molecule has 26 heavy (non-hydrogen) atoms. The number of thiazole rings is 1. The zero-order valence-corrected chi connectivity index (χ0v) is 15.9. The van der Waals surface area contributed by atoms with Gasteiger partial charge in [0.25, 0.3) is 11.5 Å². The molecule has 7 nitrogen and oxygen atoms in total. The summed E-state index contributed by atoms with van der Waals surface area (Å²) < 4.78 is 3.55. The summed E-state index contributed by atoms with van der Waals surface area (Å²) >= 11 is 1.47. The third-order valence-electron chi connectivity index (χ3n) is 5.18. The highest BCUT2D eigenvalue weighted by Crippen LogP contribution is 2.26. The number of carbonyl (C=O) groups excluding carboxylic acids is 1. The monoisotopic (exact) mass is 371 g/mol. The molecule has 8 heteroatoms. The molecule has 0 saturated carbocycles. The summed E-state index contributed by atoms with van der Waals surface area (Å²) in [6, 6.07) is 0. The maximum atomic E-state index is 13.0. The van der Waals surface area contributed by atoms with Gasteiger partial charge in [0.1, 0.15) is 11.4 Å². The molecule has 1 aliphatic heterocycles. The molecule has 1 saturated heterocycles. The van der Waals surface area contributed by atoms with Gasteiger partial charge in [0.15, 0.2) is 4.96 Å². The largest absolute Gasteiger partial charge is 0.338 e. The first-order valence-corrected chi connectivity index (χ1v) is 9.53. The van der Waals surface area contributed by atoms with Gasteiger partial charge in [0.2, 0.25) is 0 Å². The van der Waals surface area contributed by atoms with Crippen molar-refractivity contribution in [1.29, 1.82) is 0 Å². The van der Waals surface area contributed by atoms with Gasteiger partial charge in [-0.15, -0.1) is 11.3 Å². The van der Waals surface area contributed by atoms with E-state index in [0.717, 1.165) is 29.2 Å². The molecule has 0 bridgehead atoms. The number of nitrogens with zero attached hydrogens (tertiary/aromatic N) is 5. The molecule has 1 amide bonds. The van der Waals surface area contributed by atoms with Gasteiger partial charge in [0.05, 0.1) is 0 Å². The van der Waals surface area contributed by atoms with Crippen LogP contribution in [-0.2, 0) is 7.05 Å². The van der Waals surface area contributed by atoms with Crippen molar-refractivity contribution in [1.82, 2.24) is 23.8 Å². The molecule has 0 N–H and O–H groups in total. The molecule has 4 rings (SSSR count). The lowest BCUT2D eigenvalue weighted by atomic mass is 9.96. The topological polar surface area (TPSA) is 72.5 Å². The van der Waals surface area contributed by atoms with Crippen LogP contribution in [0.4, 0.5) is 0 Å². The molecule has 0 spiro atoms. The van der Waals surface area contributed by atoms with Crippen LogP contribution in [0.2, 0.25) is 0 Å². The van der Waals surface area contributed by atoms with Gasteiger partial charge in [-0.05, 0) is 26.7 Å². The van der Waals surface area contributed by atoms with Crippen molar-refractivity contribution in [3.8, 4) is 0 Å². The smallest absolute Gasteiger partial charge is 0.271 e. The Hall–Kier alpha value is -2.48. The Morgan fingerprint density at radius 1 is 1.31 bits per heavy atom. The van der Waals surface area contributed by atoms with Crippen LogP contribution in [0.5, 0.6) is 0 Å². The number of hydrogen-bond donors (Lipinski definition) is 0. The van der Waals surface area contributed by atoms with Crippen molar-refractivity contribution in [2.45, 2.75) is 32.6 Å². The molecule has 3 aromatic rings. The third-order valence-corrected chi connectivity index (χ3v) is 6.25. The highest BCUT2D eigenvalue weighted by molar-refractivity contribution is 7.17. The molecule has 3 aromatic heterocycles. The SMILES string of the molecule is Cc1sc2ncc(C(=O)N3CCC[C@H](c4nccn4C)C3)c(=O)n2c1C. The summed E-state index contributed by atoms with van der Waals surface area (Å²) in [5.74, 6) is 0.938. The van der Waals surface area contributed by atoms with Crippen LogP contribution in [0.15, 0.2) is 23.4 Å². The summed E-state index contributed by atoms with van der Waals surface area (Å²) in [6.07, 6.45) is 7.02. The number of likely N-dealkylation sites (tertiary alicyclic amines) is 1. The van der Waals surface area contributed by atoms with Gasteiger partial charge >= 0.3 is 0 Å². The van der Waals surface area contributed by atoms with E-state index in [1.165, 1.54) is 17.5 Å². The zero-order chi connectivity index (χ0) is 18.4. The second-order valence-corrected chi connectivity index (χ2v) is 8.01. The molecule has 4 heterocycles. The first-order chi connectivity index (χ1) is 12.5. The van der Waals surface area contributed by atoms with Gasteiger partial charge in [-0.25, -0.2) is 9.97 Å². The minimum atomic E-state index is -0.277. The Morgan fingerprint density at radius 3 is 2.85 bits per heavy atom. The van der Waals surface area contributed by atoms with E-state index < -0.39 is 0 Å². The predicted molar refractivity (Wildman–Crippen MR) is 99.9 cm³/mol. The fraction of sp³-hybridized carbons (Fsp3) is 0.444. The molecular formula is C18H21N5O2S. The fourth-order valence-corrected chi connectivity index (χ4v) is 4.57. The van der Waals surface area contributed by atoms with E-state index in [-0.39, 0.29) is 22.9 Å². The number of aryl methyl sites for hydroxylation is 3. The maximum Gasteiger partial charge on any atom is 0.271 e. The van der Waals surface area contributed by atoms with Gasteiger partial charge in [0, 0.05) is 55.2 Å². The van der Waals surface area contributed by atoms with Crippen LogP contribution in [0, 0.1) is 13.8 Å². The molecule has 0 radical (unpaired) electrons. The van der Waals surface area contributed by atoms with Crippen LogP contribution < -0.4 is 5.56 Å². The number of hydrogen-bond acceptors (Lipinski definition) is 5. The van der Waals surface area contributed by atoms with Gasteiger partial charge in [-0.1, -0.05) is 0 Å². The van der Waals surface area contributed by atoms with E-state index in [1.54, 1.807) is 15.5 Å². The van der Waals surface area contributed by atoms with E-state index in [4.69, 9.17) is 0 Å². The first-order valence-electron chi connectivity index (χ1n) is 8.71. The van der Waals surface area contributed by atoms with Crippen molar-refractivity contribution in [2.24, 2.45) is 7.05 Å². The van der Waals surface area contributed by atoms with Crippen LogP contribution in [0.1, 0.15) is 45.5 Å². The van der Waals surface area contributed by atoms with Crippen molar-refractivity contribution in [3.63, 3.8) is 0 Å². The summed E-state index contributed by atoms with van der Waals surface area (Å²) in [7, 11) is 1.97. The second-order valence-electron chi connectivity index (χ2n) is 6.83. The van der Waals surface area contributed by atoms with Crippen molar-refractivity contribution in [2.75, 3.05) is 13.1 Å². The van der Waals surface area contributed by atoms with E-state index in [2.05, 4.69) is 9.97 Å². The molecule has 0 aromatic carbocycles. The number of aromatic nitrogens is 4. The van der Waals surface area contributed by atoms with E-state index >= 15 is 0 Å². The van der Waals surface area contributed by atoms with Crippen LogP contribution in [-0.4, -0.2) is 42.8 Å². The van der Waals surface area contributed by atoms with Gasteiger partial charge in [-0.2, -0.15) is 0 Å². The summed E-state index contributed by atoms with van der Waals surface area (Å²) in [6.45, 7) is 5.07. The maximum absolute atomic E-state index is 13.0. The van der Waals surface area contributed by atoms with Crippen molar-refractivity contribution < 1.29 is 4.79 Å².